The van der Waals surface area contributed by atoms with E-state index in [1.165, 1.54) is 0 Å². The van der Waals surface area contributed by atoms with Gasteiger partial charge in [0.2, 0.25) is 0 Å². The number of ether oxygens (including phenoxy) is 2. The molecule has 1 N–H and O–H groups in total. The highest BCUT2D eigenvalue weighted by Crippen LogP contribution is 2.28. The van der Waals surface area contributed by atoms with Crippen molar-refractivity contribution in [2.75, 3.05) is 19.0 Å². The number of nitrogens with zero attached hydrogens (tertiary/aromatic N) is 3. The molecule has 3 rings (SSSR count). The first-order chi connectivity index (χ1) is 11.6. The number of aryl methyl sites for hydroxylation is 1. The van der Waals surface area contributed by atoms with Gasteiger partial charge in [0.15, 0.2) is 17.1 Å². The lowest BCUT2D eigenvalue weighted by Crippen LogP contribution is -2.12. The molecule has 0 spiro atoms. The normalized spacial score (nSPS) is 10.6. The van der Waals surface area contributed by atoms with Crippen LogP contribution in [0.15, 0.2) is 36.5 Å². The first-order valence-corrected chi connectivity index (χ1v) is 7.56. The first-order valence-electron chi connectivity index (χ1n) is 7.56. The van der Waals surface area contributed by atoms with Gasteiger partial charge in [-0.3, -0.25) is 4.79 Å². The second-order valence-electron chi connectivity index (χ2n) is 5.13. The smallest absolute Gasteiger partial charge is 0.255 e. The molecule has 24 heavy (non-hydrogen) atoms. The van der Waals surface area contributed by atoms with Gasteiger partial charge >= 0.3 is 0 Å². The molecule has 2 aromatic heterocycles. The fourth-order valence-corrected chi connectivity index (χ4v) is 2.36. The highest BCUT2D eigenvalue weighted by Gasteiger charge is 2.12. The van der Waals surface area contributed by atoms with Crippen LogP contribution in [0.3, 0.4) is 0 Å². The summed E-state index contributed by atoms with van der Waals surface area (Å²) in [5.41, 5.74) is 1.84. The van der Waals surface area contributed by atoms with E-state index in [0.29, 0.717) is 35.2 Å². The molecular formula is C17H18N4O3. The number of methoxy groups -OCH3 is 1. The molecule has 0 aliphatic carbocycles. The number of hydrogen-bond acceptors (Lipinski definition) is 5. The fourth-order valence-electron chi connectivity index (χ4n) is 2.36. The van der Waals surface area contributed by atoms with Gasteiger partial charge in [0.1, 0.15) is 5.82 Å². The number of carbonyl (C=O) groups is 1. The van der Waals surface area contributed by atoms with Crippen molar-refractivity contribution in [1.29, 1.82) is 0 Å². The molecule has 2 heterocycles. The van der Waals surface area contributed by atoms with Crippen LogP contribution in [0.5, 0.6) is 11.5 Å². The monoisotopic (exact) mass is 326 g/mol. The third-order valence-electron chi connectivity index (χ3n) is 3.42. The Kier molecular flexibility index (Phi) is 4.33. The minimum Gasteiger partial charge on any atom is -0.493 e. The highest BCUT2D eigenvalue weighted by atomic mass is 16.5. The third kappa shape index (κ3) is 3.15. The second-order valence-corrected chi connectivity index (χ2v) is 5.13. The molecule has 0 radical (unpaired) electrons. The van der Waals surface area contributed by atoms with Crippen molar-refractivity contribution in [3.63, 3.8) is 0 Å². The standard InChI is InChI=1S/C17H18N4O3/c1-4-24-14-7-5-12(9-15(14)23-3)17(22)19-13-6-8-16-18-11(2)20-21(16)10-13/h5-10H,4H2,1-3H3,(H,19,22). The zero-order valence-electron chi connectivity index (χ0n) is 13.7. The van der Waals surface area contributed by atoms with E-state index in [-0.39, 0.29) is 5.91 Å². The van der Waals surface area contributed by atoms with Crippen LogP contribution < -0.4 is 14.8 Å². The molecule has 0 fully saturated rings. The summed E-state index contributed by atoms with van der Waals surface area (Å²) in [6, 6.07) is 8.65. The van der Waals surface area contributed by atoms with Crippen molar-refractivity contribution in [3.05, 3.63) is 47.9 Å². The van der Waals surface area contributed by atoms with Gasteiger partial charge in [-0.1, -0.05) is 0 Å². The number of aromatic nitrogens is 3. The molecule has 124 valence electrons. The van der Waals surface area contributed by atoms with Gasteiger partial charge in [-0.15, -0.1) is 0 Å². The third-order valence-corrected chi connectivity index (χ3v) is 3.42. The minimum atomic E-state index is -0.243. The van der Waals surface area contributed by atoms with Gasteiger partial charge in [0, 0.05) is 5.56 Å². The predicted octanol–water partition coefficient (Wildman–Crippen LogP) is 2.70. The van der Waals surface area contributed by atoms with E-state index in [4.69, 9.17) is 9.47 Å². The molecule has 0 aliphatic rings. The van der Waals surface area contributed by atoms with Crippen LogP contribution in [0.1, 0.15) is 23.1 Å². The summed E-state index contributed by atoms with van der Waals surface area (Å²) in [4.78, 5) is 16.7. The first kappa shape index (κ1) is 15.8. The predicted molar refractivity (Wildman–Crippen MR) is 89.8 cm³/mol. The molecule has 7 nitrogen and oxygen atoms in total. The number of amides is 1. The summed E-state index contributed by atoms with van der Waals surface area (Å²) < 4.78 is 12.4. The van der Waals surface area contributed by atoms with Crippen molar-refractivity contribution in [2.24, 2.45) is 0 Å². The number of benzene rings is 1. The van der Waals surface area contributed by atoms with E-state index >= 15 is 0 Å². The van der Waals surface area contributed by atoms with Crippen LogP contribution >= 0.6 is 0 Å². The highest BCUT2D eigenvalue weighted by molar-refractivity contribution is 6.04. The summed E-state index contributed by atoms with van der Waals surface area (Å²) in [5.74, 6) is 1.56. The lowest BCUT2D eigenvalue weighted by molar-refractivity contribution is 0.102. The number of carbonyl (C=O) groups excluding carboxylic acids is 1. The summed E-state index contributed by atoms with van der Waals surface area (Å²) >= 11 is 0. The largest absolute Gasteiger partial charge is 0.493 e. The van der Waals surface area contributed by atoms with E-state index in [0.717, 1.165) is 5.65 Å². The number of nitrogens with one attached hydrogen (secondary N) is 1. The van der Waals surface area contributed by atoms with Gasteiger partial charge < -0.3 is 14.8 Å². The summed E-state index contributed by atoms with van der Waals surface area (Å²) in [5, 5.41) is 7.07. The van der Waals surface area contributed by atoms with Gasteiger partial charge in [0.05, 0.1) is 25.6 Å². The average molecular weight is 326 g/mol. The SMILES string of the molecule is CCOc1ccc(C(=O)Nc2ccc3nc(C)nn3c2)cc1OC. The van der Waals surface area contributed by atoms with E-state index in [1.54, 1.807) is 48.2 Å². The molecule has 0 saturated carbocycles. The molecule has 0 aliphatic heterocycles. The molecule has 0 saturated heterocycles. The maximum atomic E-state index is 12.4. The molecule has 0 unspecified atom stereocenters. The van der Waals surface area contributed by atoms with E-state index in [2.05, 4.69) is 15.4 Å². The van der Waals surface area contributed by atoms with Gasteiger partial charge in [-0.05, 0) is 44.2 Å². The number of hydrogen-bond donors (Lipinski definition) is 1. The van der Waals surface area contributed by atoms with Gasteiger partial charge in [0.25, 0.3) is 5.91 Å². The Morgan fingerprint density at radius 1 is 1.25 bits per heavy atom. The zero-order chi connectivity index (χ0) is 17.1. The minimum absolute atomic E-state index is 0.243. The van der Waals surface area contributed by atoms with Crippen molar-refractivity contribution < 1.29 is 14.3 Å². The van der Waals surface area contributed by atoms with Crippen molar-refractivity contribution in [1.82, 2.24) is 14.6 Å². The molecule has 0 bridgehead atoms. The average Bonchev–Trinajstić information content (AvgIpc) is 2.94. The van der Waals surface area contributed by atoms with E-state index in [9.17, 15) is 4.79 Å². The van der Waals surface area contributed by atoms with Crippen molar-refractivity contribution >= 4 is 17.2 Å². The Morgan fingerprint density at radius 2 is 2.08 bits per heavy atom. The van der Waals surface area contributed by atoms with Gasteiger partial charge in [-0.25, -0.2) is 9.50 Å². The van der Waals surface area contributed by atoms with E-state index < -0.39 is 0 Å². The molecule has 1 aromatic carbocycles. The van der Waals surface area contributed by atoms with E-state index in [1.807, 2.05) is 13.8 Å². The van der Waals surface area contributed by atoms with Crippen LogP contribution in [-0.2, 0) is 0 Å². The Bertz CT molecular complexity index is 889. The Hall–Kier alpha value is -3.09. The van der Waals surface area contributed by atoms with Crippen molar-refractivity contribution in [3.8, 4) is 11.5 Å². The summed E-state index contributed by atoms with van der Waals surface area (Å²) in [7, 11) is 1.54. The van der Waals surface area contributed by atoms with Crippen LogP contribution in [-0.4, -0.2) is 34.2 Å². The number of anilines is 1. The molecular weight excluding hydrogens is 308 g/mol. The summed E-state index contributed by atoms with van der Waals surface area (Å²) in [6.45, 7) is 4.23. The zero-order valence-corrected chi connectivity index (χ0v) is 13.7. The topological polar surface area (TPSA) is 77.8 Å². The molecule has 1 amide bonds. The lowest BCUT2D eigenvalue weighted by Gasteiger charge is -2.11. The van der Waals surface area contributed by atoms with Gasteiger partial charge in [-0.2, -0.15) is 5.10 Å². The van der Waals surface area contributed by atoms with Crippen LogP contribution in [0.25, 0.3) is 5.65 Å². The fraction of sp³-hybridized carbons (Fsp3) is 0.235. The maximum absolute atomic E-state index is 12.4. The maximum Gasteiger partial charge on any atom is 0.255 e. The number of pyridine rings is 1. The van der Waals surface area contributed by atoms with Crippen molar-refractivity contribution in [2.45, 2.75) is 13.8 Å². The Balaban J connectivity index is 1.82. The second kappa shape index (κ2) is 6.57. The lowest BCUT2D eigenvalue weighted by atomic mass is 10.2. The molecule has 7 heteroatoms. The summed E-state index contributed by atoms with van der Waals surface area (Å²) in [6.07, 6.45) is 1.72. The quantitative estimate of drug-likeness (QED) is 0.780. The Labute approximate surface area is 139 Å². The van der Waals surface area contributed by atoms with Crippen LogP contribution in [0, 0.1) is 6.92 Å². The number of fused-ring (bicyclic) bond motifs is 1. The van der Waals surface area contributed by atoms with Crippen LogP contribution in [0.2, 0.25) is 0 Å². The Morgan fingerprint density at radius 3 is 2.83 bits per heavy atom. The van der Waals surface area contributed by atoms with Crippen LogP contribution in [0.4, 0.5) is 5.69 Å². The molecule has 0 atom stereocenters. The molecule has 3 aromatic rings. The number of rotatable bonds is 5.